The van der Waals surface area contributed by atoms with E-state index >= 15 is 0 Å². The summed E-state index contributed by atoms with van der Waals surface area (Å²) < 4.78 is 0. The number of nitrogens with zero attached hydrogens (tertiary/aromatic N) is 1. The minimum atomic E-state index is -0.882. The number of halogens is 2. The zero-order valence-corrected chi connectivity index (χ0v) is 11.3. The first-order valence-electron chi connectivity index (χ1n) is 5.30. The topological polar surface area (TPSA) is 96.1 Å². The minimum absolute atomic E-state index is 0.0203. The van der Waals surface area contributed by atoms with E-state index in [0.717, 1.165) is 0 Å². The van der Waals surface area contributed by atoms with Gasteiger partial charge >= 0.3 is 5.97 Å². The molecule has 0 aliphatic rings. The second-order valence-electron chi connectivity index (χ2n) is 3.50. The molecule has 0 saturated carbocycles. The number of rotatable bonds is 4. The van der Waals surface area contributed by atoms with Gasteiger partial charge in [0.25, 0.3) is 5.91 Å². The van der Waals surface area contributed by atoms with Crippen LogP contribution >= 0.6 is 23.2 Å². The van der Waals surface area contributed by atoms with Crippen LogP contribution in [0.2, 0.25) is 10.3 Å². The van der Waals surface area contributed by atoms with E-state index in [-0.39, 0.29) is 16.1 Å². The first kappa shape index (κ1) is 14.3. The molecule has 2 rings (SSSR count). The molecule has 0 aliphatic heterocycles. The van der Waals surface area contributed by atoms with E-state index in [1.807, 2.05) is 5.59 Å². The first-order chi connectivity index (χ1) is 9.58. The fraction of sp³-hybridized carbons (Fsp3) is 0. The van der Waals surface area contributed by atoms with Crippen molar-refractivity contribution in [3.05, 3.63) is 52.0 Å². The third-order valence-corrected chi connectivity index (χ3v) is 2.80. The normalized spacial score (nSPS) is 10.1. The lowest BCUT2D eigenvalue weighted by molar-refractivity contribution is 0.0125. The van der Waals surface area contributed by atoms with Gasteiger partial charge < -0.3 is 9.82 Å². The maximum atomic E-state index is 11.6. The molecule has 1 heterocycles. The van der Waals surface area contributed by atoms with Crippen molar-refractivity contribution < 1.29 is 14.4 Å². The number of H-pyrrole nitrogens is 1. The van der Waals surface area contributed by atoms with Gasteiger partial charge in [-0.05, 0) is 12.1 Å². The molecule has 0 atom stereocenters. The lowest BCUT2D eigenvalue weighted by Crippen LogP contribution is -2.39. The molecular formula is C11H8Cl2N4O3. The number of aromatic amines is 1. The summed E-state index contributed by atoms with van der Waals surface area (Å²) in [5, 5.41) is -0.0288. The monoisotopic (exact) mass is 314 g/mol. The van der Waals surface area contributed by atoms with Gasteiger partial charge in [0.1, 0.15) is 5.15 Å². The van der Waals surface area contributed by atoms with Crippen LogP contribution in [0.25, 0.3) is 0 Å². The van der Waals surface area contributed by atoms with Crippen LogP contribution in [0.4, 0.5) is 0 Å². The quantitative estimate of drug-likeness (QED) is 0.747. The summed E-state index contributed by atoms with van der Waals surface area (Å²) >= 11 is 11.2. The second-order valence-corrected chi connectivity index (χ2v) is 4.24. The van der Waals surface area contributed by atoms with Crippen molar-refractivity contribution in [2.75, 3.05) is 0 Å². The molecule has 1 amide bonds. The van der Waals surface area contributed by atoms with E-state index in [1.54, 1.807) is 30.3 Å². The Kier molecular flexibility index (Phi) is 4.57. The van der Waals surface area contributed by atoms with Crippen molar-refractivity contribution in [3.8, 4) is 0 Å². The molecule has 9 heteroatoms. The summed E-state index contributed by atoms with van der Waals surface area (Å²) in [5.41, 5.74) is 4.60. The van der Waals surface area contributed by atoms with Crippen LogP contribution in [-0.2, 0) is 4.84 Å². The van der Waals surface area contributed by atoms with Crippen LogP contribution in [0, 0.1) is 0 Å². The van der Waals surface area contributed by atoms with E-state index in [9.17, 15) is 9.59 Å². The fourth-order valence-electron chi connectivity index (χ4n) is 1.26. The summed E-state index contributed by atoms with van der Waals surface area (Å²) in [7, 11) is 0. The molecule has 3 N–H and O–H groups in total. The smallest absolute Gasteiger partial charge is 0.344 e. The molecular weight excluding hydrogens is 307 g/mol. The van der Waals surface area contributed by atoms with Gasteiger partial charge in [-0.1, -0.05) is 47.0 Å². The lowest BCUT2D eigenvalue weighted by atomic mass is 10.2. The van der Waals surface area contributed by atoms with Crippen LogP contribution in [0.3, 0.4) is 0 Å². The van der Waals surface area contributed by atoms with E-state index in [4.69, 9.17) is 23.2 Å². The fourth-order valence-corrected chi connectivity index (χ4v) is 1.52. The van der Waals surface area contributed by atoms with Crippen LogP contribution in [-0.4, -0.2) is 21.8 Å². The SMILES string of the molecule is O=C(NNOC(=O)c1nc(Cl)c(Cl)[nH]1)c1ccccc1. The molecule has 0 aliphatic carbocycles. The van der Waals surface area contributed by atoms with Gasteiger partial charge in [0.2, 0.25) is 5.82 Å². The van der Waals surface area contributed by atoms with Gasteiger partial charge in [0.05, 0.1) is 0 Å². The Morgan fingerprint density at radius 2 is 1.90 bits per heavy atom. The maximum absolute atomic E-state index is 11.6. The highest BCUT2D eigenvalue weighted by molar-refractivity contribution is 6.40. The van der Waals surface area contributed by atoms with Crippen molar-refractivity contribution in [1.82, 2.24) is 21.0 Å². The van der Waals surface area contributed by atoms with Gasteiger partial charge in [0, 0.05) is 5.56 Å². The number of imidazole rings is 1. The standard InChI is InChI=1S/C11H8Cl2N4O3/c12-7-8(13)15-9(14-7)11(19)20-17-16-10(18)6-4-2-1-3-5-6/h1-5,17H,(H,14,15)(H,16,18). The zero-order valence-electron chi connectivity index (χ0n) is 9.81. The van der Waals surface area contributed by atoms with Crippen molar-refractivity contribution in [2.24, 2.45) is 0 Å². The molecule has 0 fully saturated rings. The molecule has 0 radical (unpaired) electrons. The summed E-state index contributed by atoms with van der Waals surface area (Å²) in [6.45, 7) is 0. The second kappa shape index (κ2) is 6.38. The largest absolute Gasteiger partial charge is 0.394 e. The Morgan fingerprint density at radius 1 is 1.20 bits per heavy atom. The van der Waals surface area contributed by atoms with Crippen LogP contribution in [0.1, 0.15) is 21.0 Å². The van der Waals surface area contributed by atoms with Gasteiger partial charge in [-0.15, -0.1) is 0 Å². The molecule has 7 nitrogen and oxygen atoms in total. The first-order valence-corrected chi connectivity index (χ1v) is 6.06. The molecule has 0 spiro atoms. The Bertz CT molecular complexity index is 610. The Balaban J connectivity index is 1.84. The van der Waals surface area contributed by atoms with Crippen molar-refractivity contribution in [3.63, 3.8) is 0 Å². The molecule has 1 aromatic carbocycles. The van der Waals surface area contributed by atoms with E-state index in [0.29, 0.717) is 5.56 Å². The number of aromatic nitrogens is 2. The van der Waals surface area contributed by atoms with Gasteiger partial charge in [0.15, 0.2) is 5.15 Å². The Labute approximate surface area is 123 Å². The highest BCUT2D eigenvalue weighted by Gasteiger charge is 2.15. The Morgan fingerprint density at radius 3 is 2.50 bits per heavy atom. The van der Waals surface area contributed by atoms with Crippen LogP contribution in [0.5, 0.6) is 0 Å². The number of hydrazine groups is 1. The van der Waals surface area contributed by atoms with E-state index in [1.165, 1.54) is 0 Å². The summed E-state index contributed by atoms with van der Waals surface area (Å²) in [4.78, 5) is 33.7. The molecule has 0 unspecified atom stereocenters. The molecule has 20 heavy (non-hydrogen) atoms. The number of hydrogen-bond donors (Lipinski definition) is 3. The molecule has 1 aromatic heterocycles. The number of hydrogen-bond acceptors (Lipinski definition) is 5. The number of benzene rings is 1. The molecule has 0 bridgehead atoms. The predicted molar refractivity (Wildman–Crippen MR) is 71.1 cm³/mol. The Hall–Kier alpha value is -2.09. The predicted octanol–water partition coefficient (Wildman–Crippen LogP) is 1.72. The summed E-state index contributed by atoms with van der Waals surface area (Å²) in [6.07, 6.45) is 0. The average molecular weight is 315 g/mol. The number of carbonyl (C=O) groups excluding carboxylic acids is 2. The molecule has 104 valence electrons. The van der Waals surface area contributed by atoms with Crippen LogP contribution in [0.15, 0.2) is 30.3 Å². The molecule has 0 saturated heterocycles. The van der Waals surface area contributed by atoms with Crippen molar-refractivity contribution in [2.45, 2.75) is 0 Å². The highest BCUT2D eigenvalue weighted by Crippen LogP contribution is 2.17. The number of nitrogens with one attached hydrogen (secondary N) is 3. The van der Waals surface area contributed by atoms with Gasteiger partial charge in [-0.3, -0.25) is 10.2 Å². The molecule has 2 aromatic rings. The third-order valence-electron chi connectivity index (χ3n) is 2.16. The van der Waals surface area contributed by atoms with Crippen molar-refractivity contribution in [1.29, 1.82) is 0 Å². The van der Waals surface area contributed by atoms with Gasteiger partial charge in [-0.25, -0.2) is 9.78 Å². The highest BCUT2D eigenvalue weighted by atomic mass is 35.5. The summed E-state index contributed by atoms with van der Waals surface area (Å²) in [6, 6.07) is 8.38. The maximum Gasteiger partial charge on any atom is 0.394 e. The van der Waals surface area contributed by atoms with E-state index < -0.39 is 11.9 Å². The third kappa shape index (κ3) is 3.47. The average Bonchev–Trinajstić information content (AvgIpc) is 2.79. The van der Waals surface area contributed by atoms with Gasteiger partial charge in [-0.2, -0.15) is 0 Å². The van der Waals surface area contributed by atoms with Crippen LogP contribution < -0.4 is 11.0 Å². The number of amides is 1. The zero-order chi connectivity index (χ0) is 14.5. The minimum Gasteiger partial charge on any atom is -0.344 e. The summed E-state index contributed by atoms with van der Waals surface area (Å²) in [5.74, 6) is -1.54. The lowest BCUT2D eigenvalue weighted by Gasteiger charge is -2.05. The van der Waals surface area contributed by atoms with Crippen molar-refractivity contribution >= 4 is 35.1 Å². The number of carbonyl (C=O) groups is 2. The van der Waals surface area contributed by atoms with E-state index in [2.05, 4.69) is 20.2 Å².